The summed E-state index contributed by atoms with van der Waals surface area (Å²) < 4.78 is 2.34. The maximum absolute atomic E-state index is 10.8. The monoisotopic (exact) mass is 392 g/mol. The van der Waals surface area contributed by atoms with Crippen molar-refractivity contribution in [2.24, 2.45) is 15.2 Å². The van der Waals surface area contributed by atoms with Gasteiger partial charge in [-0.1, -0.05) is 36.4 Å². The first-order chi connectivity index (χ1) is 13.0. The van der Waals surface area contributed by atoms with Crippen molar-refractivity contribution in [3.8, 4) is 11.6 Å². The number of nitrogens with zero attached hydrogens (tertiary/aromatic N) is 4. The van der Waals surface area contributed by atoms with Gasteiger partial charge in [0.15, 0.2) is 9.78 Å². The summed E-state index contributed by atoms with van der Waals surface area (Å²) in [4.78, 5) is 4.81. The minimum absolute atomic E-state index is 0.159. The Kier molecular flexibility index (Phi) is 4.55. The predicted molar refractivity (Wildman–Crippen MR) is 112 cm³/mol. The zero-order valence-electron chi connectivity index (χ0n) is 14.7. The summed E-state index contributed by atoms with van der Waals surface area (Å²) >= 11 is 6.90. The summed E-state index contributed by atoms with van der Waals surface area (Å²) in [6.45, 7) is 4.08. The molecule has 5 nitrogen and oxygen atoms in total. The summed E-state index contributed by atoms with van der Waals surface area (Å²) in [6, 6.07) is 13.8. The van der Waals surface area contributed by atoms with Crippen LogP contribution in [0.5, 0.6) is 5.88 Å². The summed E-state index contributed by atoms with van der Waals surface area (Å²) in [7, 11) is 0. The minimum atomic E-state index is 0.159. The molecule has 7 heteroatoms. The van der Waals surface area contributed by atoms with Crippen LogP contribution in [0.15, 0.2) is 57.7 Å². The molecule has 1 aliphatic rings. The molecule has 0 radical (unpaired) electrons. The molecule has 27 heavy (non-hydrogen) atoms. The first-order valence-electron chi connectivity index (χ1n) is 8.31. The van der Waals surface area contributed by atoms with E-state index < -0.39 is 0 Å². The van der Waals surface area contributed by atoms with Crippen LogP contribution in [0.3, 0.4) is 0 Å². The lowest BCUT2D eigenvalue weighted by molar-refractivity contribution is 0.441. The van der Waals surface area contributed by atoms with Crippen molar-refractivity contribution in [2.75, 3.05) is 0 Å². The fourth-order valence-corrected chi connectivity index (χ4v) is 4.16. The standard InChI is InChI=1S/C20H16N4OS2/c1-12-4-3-5-16(13(12)2)24-19(25)17(27-20(24)26)10-14-6-8-15(9-7-14)18-21-11-22-23-18/h3-11,25H,1-2H3. The Morgan fingerprint density at radius 3 is 2.59 bits per heavy atom. The first kappa shape index (κ1) is 17.5. The average Bonchev–Trinajstić information content (AvgIpc) is 3.28. The van der Waals surface area contributed by atoms with E-state index in [-0.39, 0.29) is 5.88 Å². The molecule has 4 rings (SSSR count). The molecule has 0 spiro atoms. The van der Waals surface area contributed by atoms with E-state index in [2.05, 4.69) is 15.2 Å². The number of aromatic nitrogens is 1. The maximum Gasteiger partial charge on any atom is 0.215 e. The van der Waals surface area contributed by atoms with Gasteiger partial charge in [0.2, 0.25) is 5.88 Å². The lowest BCUT2D eigenvalue weighted by Crippen LogP contribution is -2.08. The largest absolute Gasteiger partial charge is 0.493 e. The van der Waals surface area contributed by atoms with E-state index in [0.29, 0.717) is 9.78 Å². The van der Waals surface area contributed by atoms with Crippen LogP contribution in [-0.2, 0) is 0 Å². The normalized spacial score (nSPS) is 12.7. The Morgan fingerprint density at radius 2 is 1.89 bits per heavy atom. The number of aryl methyl sites for hydroxylation is 1. The number of rotatable bonds is 2. The molecule has 2 heterocycles. The molecule has 1 aromatic heterocycles. The highest BCUT2D eigenvalue weighted by atomic mass is 32.1. The zero-order valence-corrected chi connectivity index (χ0v) is 16.4. The molecular weight excluding hydrogens is 376 g/mol. The Hall–Kier alpha value is -2.90. The summed E-state index contributed by atoms with van der Waals surface area (Å²) in [6.07, 6.45) is 3.35. The SMILES string of the molecule is Cc1cccc(-n2c(O)c(C=c3ccc(=C4N=CN=N4)cc3)sc2=S)c1C. The van der Waals surface area contributed by atoms with Crippen molar-refractivity contribution in [3.05, 3.63) is 72.9 Å². The Morgan fingerprint density at radius 1 is 1.11 bits per heavy atom. The van der Waals surface area contributed by atoms with Crippen molar-refractivity contribution < 1.29 is 5.11 Å². The fourth-order valence-electron chi connectivity index (χ4n) is 2.87. The molecule has 0 unspecified atom stereocenters. The molecular formula is C20H16N4OS2. The van der Waals surface area contributed by atoms with Gasteiger partial charge in [-0.15, -0.1) is 21.6 Å². The number of thiazole rings is 1. The van der Waals surface area contributed by atoms with Gasteiger partial charge in [-0.2, -0.15) is 0 Å². The molecule has 134 valence electrons. The van der Waals surface area contributed by atoms with Crippen molar-refractivity contribution in [2.45, 2.75) is 13.8 Å². The Balaban J connectivity index is 1.80. The second-order valence-electron chi connectivity index (χ2n) is 6.16. The third-order valence-electron chi connectivity index (χ3n) is 4.48. The molecule has 0 aliphatic carbocycles. The van der Waals surface area contributed by atoms with E-state index in [1.807, 2.05) is 62.4 Å². The molecule has 0 atom stereocenters. The van der Waals surface area contributed by atoms with Crippen molar-refractivity contribution in [1.82, 2.24) is 4.57 Å². The Bertz CT molecular complexity index is 1240. The van der Waals surface area contributed by atoms with Gasteiger partial charge in [0.25, 0.3) is 0 Å². The van der Waals surface area contributed by atoms with Crippen LogP contribution < -0.4 is 10.4 Å². The van der Waals surface area contributed by atoms with Crippen LogP contribution >= 0.6 is 23.6 Å². The van der Waals surface area contributed by atoms with Gasteiger partial charge in [-0.25, -0.2) is 4.99 Å². The van der Waals surface area contributed by atoms with E-state index in [4.69, 9.17) is 12.2 Å². The van der Waals surface area contributed by atoms with Crippen LogP contribution in [0, 0.1) is 17.8 Å². The van der Waals surface area contributed by atoms with Crippen molar-refractivity contribution in [3.63, 3.8) is 0 Å². The lowest BCUT2D eigenvalue weighted by atomic mass is 10.1. The number of benzene rings is 2. The number of hydrogen-bond donors (Lipinski definition) is 1. The zero-order chi connectivity index (χ0) is 19.0. The van der Waals surface area contributed by atoms with Gasteiger partial charge in [-0.3, -0.25) is 4.57 Å². The number of azo groups is 1. The van der Waals surface area contributed by atoms with E-state index >= 15 is 0 Å². The quantitative estimate of drug-likeness (QED) is 0.671. The van der Waals surface area contributed by atoms with Gasteiger partial charge in [-0.05, 0) is 54.6 Å². The van der Waals surface area contributed by atoms with Gasteiger partial charge in [0.05, 0.1) is 10.6 Å². The highest BCUT2D eigenvalue weighted by molar-refractivity contribution is 7.73. The van der Waals surface area contributed by atoms with Gasteiger partial charge in [0.1, 0.15) is 6.34 Å². The van der Waals surface area contributed by atoms with E-state index in [1.54, 1.807) is 4.57 Å². The van der Waals surface area contributed by atoms with E-state index in [0.717, 1.165) is 32.1 Å². The molecule has 0 amide bonds. The summed E-state index contributed by atoms with van der Waals surface area (Å²) in [5, 5.41) is 20.3. The van der Waals surface area contributed by atoms with Crippen LogP contribution in [-0.4, -0.2) is 16.0 Å². The Labute approximate surface area is 165 Å². The first-order valence-corrected chi connectivity index (χ1v) is 9.54. The van der Waals surface area contributed by atoms with Crippen molar-refractivity contribution >= 4 is 41.8 Å². The fraction of sp³-hybridized carbons (Fsp3) is 0.100. The molecule has 0 saturated heterocycles. The molecule has 0 saturated carbocycles. The number of aliphatic imine (C=N–C) groups is 1. The van der Waals surface area contributed by atoms with E-state index in [1.165, 1.54) is 17.7 Å². The lowest BCUT2D eigenvalue weighted by Gasteiger charge is -2.10. The van der Waals surface area contributed by atoms with Gasteiger partial charge < -0.3 is 5.11 Å². The van der Waals surface area contributed by atoms with Crippen LogP contribution in [0.4, 0.5) is 0 Å². The van der Waals surface area contributed by atoms with Gasteiger partial charge in [0, 0.05) is 5.22 Å². The third kappa shape index (κ3) is 3.27. The molecule has 2 aromatic carbocycles. The average molecular weight is 393 g/mol. The molecule has 0 fully saturated rings. The minimum Gasteiger partial charge on any atom is -0.493 e. The van der Waals surface area contributed by atoms with E-state index in [9.17, 15) is 5.11 Å². The number of aromatic hydroxyl groups is 1. The topological polar surface area (TPSA) is 62.2 Å². The molecule has 3 aromatic rings. The molecule has 0 bridgehead atoms. The highest BCUT2D eigenvalue weighted by Crippen LogP contribution is 2.32. The summed E-state index contributed by atoms with van der Waals surface area (Å²) in [5.74, 6) is 0.757. The third-order valence-corrected chi connectivity index (χ3v) is 5.79. The maximum atomic E-state index is 10.8. The molecule has 1 aliphatic heterocycles. The highest BCUT2D eigenvalue weighted by Gasteiger charge is 2.13. The smallest absolute Gasteiger partial charge is 0.215 e. The molecule has 1 N–H and O–H groups in total. The second-order valence-corrected chi connectivity index (χ2v) is 7.84. The summed E-state index contributed by atoms with van der Waals surface area (Å²) in [5.41, 5.74) is 3.16. The number of hydrogen-bond acceptors (Lipinski definition) is 6. The predicted octanol–water partition coefficient (Wildman–Crippen LogP) is 3.98. The second kappa shape index (κ2) is 7.02. The van der Waals surface area contributed by atoms with Crippen LogP contribution in [0.25, 0.3) is 17.6 Å². The van der Waals surface area contributed by atoms with Crippen LogP contribution in [0.1, 0.15) is 16.0 Å². The van der Waals surface area contributed by atoms with Crippen LogP contribution in [0.2, 0.25) is 0 Å². The van der Waals surface area contributed by atoms with Gasteiger partial charge >= 0.3 is 0 Å². The van der Waals surface area contributed by atoms with Crippen molar-refractivity contribution in [1.29, 1.82) is 0 Å².